The highest BCUT2D eigenvalue weighted by molar-refractivity contribution is 5.85. The van der Waals surface area contributed by atoms with Gasteiger partial charge in [0.1, 0.15) is 0 Å². The summed E-state index contributed by atoms with van der Waals surface area (Å²) in [6, 6.07) is 55.6. The molecule has 6 aromatic rings. The number of rotatable bonds is 6. The summed E-state index contributed by atoms with van der Waals surface area (Å²) in [5, 5.41) is 3.55. The van der Waals surface area contributed by atoms with Crippen molar-refractivity contribution in [1.29, 1.82) is 0 Å². The third kappa shape index (κ3) is 4.94. The standard InChI is InChI=1S/C36H27N/c1-3-11-27(12-4-1)33-15-7-9-17-35(33)29-19-23-31(24-20-29)37-32-25-21-30(22-26-32)36-18-10-8-16-34(36)28-13-5-2-6-14-28/h1-26,37H. The first kappa shape index (κ1) is 22.6. The molecule has 0 heterocycles. The van der Waals surface area contributed by atoms with E-state index in [0.29, 0.717) is 0 Å². The molecule has 37 heavy (non-hydrogen) atoms. The van der Waals surface area contributed by atoms with E-state index < -0.39 is 0 Å². The normalized spacial score (nSPS) is 10.7. The first-order valence-electron chi connectivity index (χ1n) is 12.6. The molecule has 0 amide bonds. The quantitative estimate of drug-likeness (QED) is 0.254. The second-order valence-electron chi connectivity index (χ2n) is 9.10. The first-order chi connectivity index (χ1) is 18.3. The fraction of sp³-hybridized carbons (Fsp3) is 0. The summed E-state index contributed by atoms with van der Waals surface area (Å²) in [5.41, 5.74) is 12.0. The monoisotopic (exact) mass is 473 g/mol. The zero-order valence-electron chi connectivity index (χ0n) is 20.5. The van der Waals surface area contributed by atoms with Crippen LogP contribution in [0.1, 0.15) is 0 Å². The SMILES string of the molecule is c1ccc(-c2ccccc2-c2ccc(Nc3ccc(-c4ccccc4-c4ccccc4)cc3)cc2)cc1. The molecule has 1 N–H and O–H groups in total. The minimum absolute atomic E-state index is 1.07. The molecular weight excluding hydrogens is 446 g/mol. The van der Waals surface area contributed by atoms with Gasteiger partial charge in [0, 0.05) is 11.4 Å². The summed E-state index contributed by atoms with van der Waals surface area (Å²) >= 11 is 0. The molecule has 0 atom stereocenters. The van der Waals surface area contributed by atoms with E-state index in [1.165, 1.54) is 44.5 Å². The van der Waals surface area contributed by atoms with Crippen LogP contribution in [0, 0.1) is 0 Å². The molecule has 0 saturated carbocycles. The molecule has 6 rings (SSSR count). The predicted octanol–water partition coefficient (Wildman–Crippen LogP) is 10.1. The van der Waals surface area contributed by atoms with Crippen molar-refractivity contribution >= 4 is 11.4 Å². The van der Waals surface area contributed by atoms with Crippen LogP contribution in [0.3, 0.4) is 0 Å². The van der Waals surface area contributed by atoms with Crippen LogP contribution >= 0.6 is 0 Å². The molecule has 0 aliphatic rings. The third-order valence-electron chi connectivity index (χ3n) is 6.70. The average molecular weight is 474 g/mol. The first-order valence-corrected chi connectivity index (χ1v) is 12.6. The van der Waals surface area contributed by atoms with Crippen LogP contribution in [-0.2, 0) is 0 Å². The van der Waals surface area contributed by atoms with Crippen molar-refractivity contribution in [3.63, 3.8) is 0 Å². The van der Waals surface area contributed by atoms with Crippen LogP contribution in [0.2, 0.25) is 0 Å². The second kappa shape index (κ2) is 10.4. The summed E-state index contributed by atoms with van der Waals surface area (Å²) in [6.45, 7) is 0. The van der Waals surface area contributed by atoms with Crippen LogP contribution in [0.4, 0.5) is 11.4 Å². The topological polar surface area (TPSA) is 12.0 Å². The Bertz CT molecular complexity index is 1480. The Balaban J connectivity index is 1.22. The van der Waals surface area contributed by atoms with Crippen molar-refractivity contribution < 1.29 is 0 Å². The number of nitrogens with one attached hydrogen (secondary N) is 1. The van der Waals surface area contributed by atoms with Gasteiger partial charge >= 0.3 is 0 Å². The Hall–Kier alpha value is -4.88. The maximum Gasteiger partial charge on any atom is 0.0384 e. The second-order valence-corrected chi connectivity index (χ2v) is 9.10. The van der Waals surface area contributed by atoms with Crippen LogP contribution in [0.25, 0.3) is 44.5 Å². The van der Waals surface area contributed by atoms with Gasteiger partial charge in [-0.2, -0.15) is 0 Å². The van der Waals surface area contributed by atoms with Crippen LogP contribution in [0.5, 0.6) is 0 Å². The zero-order valence-corrected chi connectivity index (χ0v) is 20.5. The fourth-order valence-electron chi connectivity index (χ4n) is 4.84. The molecule has 0 unspecified atom stereocenters. The average Bonchev–Trinajstić information content (AvgIpc) is 2.99. The molecule has 0 fully saturated rings. The Labute approximate surface area is 218 Å². The van der Waals surface area contributed by atoms with Gasteiger partial charge in [0.15, 0.2) is 0 Å². The van der Waals surface area contributed by atoms with E-state index in [0.717, 1.165) is 11.4 Å². The van der Waals surface area contributed by atoms with Gasteiger partial charge in [-0.1, -0.05) is 133 Å². The lowest BCUT2D eigenvalue weighted by molar-refractivity contribution is 1.53. The summed E-state index contributed by atoms with van der Waals surface area (Å²) in [7, 11) is 0. The summed E-state index contributed by atoms with van der Waals surface area (Å²) < 4.78 is 0. The van der Waals surface area contributed by atoms with Gasteiger partial charge < -0.3 is 5.32 Å². The van der Waals surface area contributed by atoms with Crippen molar-refractivity contribution in [1.82, 2.24) is 0 Å². The molecule has 0 aromatic heterocycles. The van der Waals surface area contributed by atoms with Crippen molar-refractivity contribution in [2.24, 2.45) is 0 Å². The highest BCUT2D eigenvalue weighted by atomic mass is 14.9. The summed E-state index contributed by atoms with van der Waals surface area (Å²) in [6.07, 6.45) is 0. The molecule has 0 spiro atoms. The molecule has 0 aliphatic carbocycles. The zero-order chi connectivity index (χ0) is 24.9. The number of hydrogen-bond donors (Lipinski definition) is 1. The van der Waals surface area contributed by atoms with E-state index in [4.69, 9.17) is 0 Å². The van der Waals surface area contributed by atoms with Crippen LogP contribution < -0.4 is 5.32 Å². The molecule has 0 radical (unpaired) electrons. The van der Waals surface area contributed by atoms with Gasteiger partial charge in [0.2, 0.25) is 0 Å². The van der Waals surface area contributed by atoms with Crippen molar-refractivity contribution in [3.8, 4) is 44.5 Å². The molecule has 1 nitrogen and oxygen atoms in total. The van der Waals surface area contributed by atoms with Gasteiger partial charge in [-0.3, -0.25) is 0 Å². The minimum Gasteiger partial charge on any atom is -0.356 e. The molecule has 0 saturated heterocycles. The Kier molecular flexibility index (Phi) is 6.34. The van der Waals surface area contributed by atoms with E-state index in [9.17, 15) is 0 Å². The van der Waals surface area contributed by atoms with E-state index in [1.807, 2.05) is 0 Å². The van der Waals surface area contributed by atoms with Gasteiger partial charge in [-0.25, -0.2) is 0 Å². The van der Waals surface area contributed by atoms with Crippen molar-refractivity contribution in [2.75, 3.05) is 5.32 Å². The minimum atomic E-state index is 1.07. The Morgan fingerprint density at radius 2 is 0.514 bits per heavy atom. The number of anilines is 2. The highest BCUT2D eigenvalue weighted by Crippen LogP contribution is 2.34. The fourth-order valence-corrected chi connectivity index (χ4v) is 4.84. The van der Waals surface area contributed by atoms with E-state index in [2.05, 4.69) is 163 Å². The van der Waals surface area contributed by atoms with Gasteiger partial charge in [0.05, 0.1) is 0 Å². The summed E-state index contributed by atoms with van der Waals surface area (Å²) in [4.78, 5) is 0. The van der Waals surface area contributed by atoms with Crippen LogP contribution in [0.15, 0.2) is 158 Å². The lowest BCUT2D eigenvalue weighted by atomic mass is 9.94. The molecule has 1 heteroatoms. The van der Waals surface area contributed by atoms with E-state index in [-0.39, 0.29) is 0 Å². The largest absolute Gasteiger partial charge is 0.356 e. The number of benzene rings is 6. The lowest BCUT2D eigenvalue weighted by Gasteiger charge is -2.13. The highest BCUT2D eigenvalue weighted by Gasteiger charge is 2.08. The third-order valence-corrected chi connectivity index (χ3v) is 6.70. The van der Waals surface area contributed by atoms with Gasteiger partial charge in [-0.05, 0) is 68.8 Å². The Morgan fingerprint density at radius 1 is 0.243 bits per heavy atom. The smallest absolute Gasteiger partial charge is 0.0384 e. The Morgan fingerprint density at radius 3 is 0.838 bits per heavy atom. The van der Waals surface area contributed by atoms with Gasteiger partial charge in [-0.15, -0.1) is 0 Å². The maximum absolute atomic E-state index is 3.55. The molecule has 0 bridgehead atoms. The number of hydrogen-bond acceptors (Lipinski definition) is 1. The molecule has 6 aromatic carbocycles. The van der Waals surface area contributed by atoms with E-state index >= 15 is 0 Å². The van der Waals surface area contributed by atoms with E-state index in [1.54, 1.807) is 0 Å². The molecular formula is C36H27N. The van der Waals surface area contributed by atoms with Crippen molar-refractivity contribution in [3.05, 3.63) is 158 Å². The predicted molar refractivity (Wildman–Crippen MR) is 158 cm³/mol. The van der Waals surface area contributed by atoms with Crippen LogP contribution in [-0.4, -0.2) is 0 Å². The maximum atomic E-state index is 3.55. The lowest BCUT2D eigenvalue weighted by Crippen LogP contribution is -1.91. The van der Waals surface area contributed by atoms with Gasteiger partial charge in [0.25, 0.3) is 0 Å². The summed E-state index contributed by atoms with van der Waals surface area (Å²) in [5.74, 6) is 0. The van der Waals surface area contributed by atoms with Crippen molar-refractivity contribution in [2.45, 2.75) is 0 Å². The molecule has 176 valence electrons. The molecule has 0 aliphatic heterocycles.